The van der Waals surface area contributed by atoms with Crippen LogP contribution in [0.4, 0.5) is 23.3 Å². The topological polar surface area (TPSA) is 697 Å². The number of nitrogens with zero attached hydrogens (tertiary/aromatic N) is 16. The van der Waals surface area contributed by atoms with Gasteiger partial charge in [-0.25, -0.2) is 82.6 Å². The summed E-state index contributed by atoms with van der Waals surface area (Å²) in [6, 6.07) is 0. The van der Waals surface area contributed by atoms with Gasteiger partial charge in [-0.05, 0) is 0 Å². The number of phosphoric acid groups is 5. The molecule has 12 rings (SSSR count). The summed E-state index contributed by atoms with van der Waals surface area (Å²) in [6.45, 7) is -4.43. The van der Waals surface area contributed by atoms with Crippen LogP contribution in [-0.2, 0) is 78.0 Å². The minimum Gasteiger partial charge on any atom is -0.387 e. The van der Waals surface area contributed by atoms with E-state index in [9.17, 15) is 77.5 Å². The van der Waals surface area contributed by atoms with Gasteiger partial charge in [0.1, 0.15) is 121 Å². The molecule has 12 heterocycles. The molecule has 0 aromatic carbocycles. The molecule has 0 aliphatic carbocycles. The lowest BCUT2D eigenvalue weighted by atomic mass is 10.1. The van der Waals surface area contributed by atoms with Gasteiger partial charge in [0, 0.05) is 0 Å². The first-order valence-corrected chi connectivity index (χ1v) is 33.9. The van der Waals surface area contributed by atoms with Crippen molar-refractivity contribution in [1.82, 2.24) is 78.1 Å². The fraction of sp³-hybridized carbons (Fsp3) is 0.500. The van der Waals surface area contributed by atoms with Crippen LogP contribution in [0, 0.1) is 0 Å². The van der Waals surface area contributed by atoms with E-state index in [4.69, 9.17) is 73.5 Å². The number of aliphatic hydroxyl groups excluding tert-OH is 4. The maximum atomic E-state index is 14.2. The third-order valence-electron chi connectivity index (χ3n) is 14.5. The zero-order valence-corrected chi connectivity index (χ0v) is 50.7. The molecule has 3 unspecified atom stereocenters. The molecule has 8 aromatic heterocycles. The van der Waals surface area contributed by atoms with Crippen molar-refractivity contribution in [3.05, 3.63) is 50.6 Å². The molecule has 19 atom stereocenters. The summed E-state index contributed by atoms with van der Waals surface area (Å²) in [5.41, 5.74) is 23.4. The van der Waals surface area contributed by atoms with Crippen molar-refractivity contribution in [2.24, 2.45) is 0 Å². The van der Waals surface area contributed by atoms with Crippen LogP contribution in [0.3, 0.4) is 0 Å². The van der Waals surface area contributed by atoms with Crippen LogP contribution in [0.5, 0.6) is 0 Å². The number of nitrogen functional groups attached to an aromatic ring is 4. The fourth-order valence-electron chi connectivity index (χ4n) is 10.4. The monoisotopic (exact) mass is 1410 g/mol. The zero-order valence-electron chi connectivity index (χ0n) is 46.2. The molecule has 19 N–H and O–H groups in total. The van der Waals surface area contributed by atoms with E-state index in [0.29, 0.717) is 0 Å². The number of hydrogen-bond acceptors (Lipinski definition) is 37. The van der Waals surface area contributed by atoms with Gasteiger partial charge in [0.15, 0.2) is 70.8 Å². The Kier molecular flexibility index (Phi) is 18.1. The number of phosphoric ester groups is 5. The minimum absolute atomic E-state index is 0.000116. The molecule has 4 saturated heterocycles. The molecular weight excluding hydrogens is 1360 g/mol. The van der Waals surface area contributed by atoms with Crippen LogP contribution in [0.2, 0.25) is 0 Å². The second-order valence-electron chi connectivity index (χ2n) is 20.4. The summed E-state index contributed by atoms with van der Waals surface area (Å²) in [6.07, 6.45) is -22.3. The molecule has 0 amide bonds. The van der Waals surface area contributed by atoms with Gasteiger partial charge < -0.3 is 96.6 Å². The molecule has 0 radical (unpaired) electrons. The summed E-state index contributed by atoms with van der Waals surface area (Å²) in [5, 5.41) is 46.3. The van der Waals surface area contributed by atoms with Crippen LogP contribution in [0.15, 0.2) is 50.6 Å². The number of rotatable bonds is 24. The second-order valence-corrected chi connectivity index (χ2v) is 27.1. The molecule has 93 heavy (non-hydrogen) atoms. The highest BCUT2D eigenvalue weighted by molar-refractivity contribution is 7.48. The normalized spacial score (nSPS) is 30.7. The number of imidazole rings is 4. The van der Waals surface area contributed by atoms with Gasteiger partial charge in [-0.15, -0.1) is 0 Å². The molecule has 4 fully saturated rings. The lowest BCUT2D eigenvalue weighted by Crippen LogP contribution is -2.37. The number of anilines is 4. The fourth-order valence-corrected chi connectivity index (χ4v) is 14.1. The smallest absolute Gasteiger partial charge is 0.387 e. The molecule has 4 aliphatic rings. The first-order valence-electron chi connectivity index (χ1n) is 26.3. The molecule has 53 heteroatoms. The summed E-state index contributed by atoms with van der Waals surface area (Å²) >= 11 is 0. The van der Waals surface area contributed by atoms with E-state index in [0.717, 1.165) is 68.9 Å². The van der Waals surface area contributed by atoms with Crippen molar-refractivity contribution in [3.63, 3.8) is 0 Å². The van der Waals surface area contributed by atoms with E-state index in [2.05, 4.69) is 64.3 Å². The third-order valence-corrected chi connectivity index (χ3v) is 18.5. The Bertz CT molecular complexity index is 4350. The number of nitrogens with two attached hydrogens (primary N) is 4. The Morgan fingerprint density at radius 1 is 0.355 bits per heavy atom. The number of fused-ring (bicyclic) bond motifs is 4. The summed E-state index contributed by atoms with van der Waals surface area (Å²) in [7, 11) is -27.4. The van der Waals surface area contributed by atoms with Crippen LogP contribution >= 0.6 is 39.1 Å². The lowest BCUT2D eigenvalue weighted by Gasteiger charge is -2.25. The van der Waals surface area contributed by atoms with E-state index < -0.39 is 164 Å². The Balaban J connectivity index is 0.757. The molecule has 8 aromatic rings. The summed E-state index contributed by atoms with van der Waals surface area (Å²) in [5.74, 6) is -0.560. The maximum absolute atomic E-state index is 14.2. The Hall–Kier alpha value is -6.37. The average molecular weight is 1410 g/mol. The first-order chi connectivity index (χ1) is 43.8. The van der Waals surface area contributed by atoms with Crippen LogP contribution in [0.25, 0.3) is 44.7 Å². The third kappa shape index (κ3) is 13.6. The predicted octanol–water partition coefficient (Wildman–Crippen LogP) is -4.20. The van der Waals surface area contributed by atoms with Crippen molar-refractivity contribution >= 4 is 107 Å². The van der Waals surface area contributed by atoms with Gasteiger partial charge in [-0.3, -0.25) is 54.5 Å². The summed E-state index contributed by atoms with van der Waals surface area (Å²) < 4.78 is 135. The Labute approximate surface area is 514 Å². The quantitative estimate of drug-likeness (QED) is 0.0255. The molecule has 504 valence electrons. The van der Waals surface area contributed by atoms with E-state index in [-0.39, 0.29) is 67.9 Å². The van der Waals surface area contributed by atoms with Gasteiger partial charge >= 0.3 is 39.1 Å². The molecule has 48 nitrogen and oxygen atoms in total. The number of ether oxygens (including phenoxy) is 4. The van der Waals surface area contributed by atoms with Crippen molar-refractivity contribution in [2.45, 2.75) is 98.2 Å². The molecule has 0 bridgehead atoms. The van der Waals surface area contributed by atoms with E-state index in [1.807, 2.05) is 0 Å². The highest BCUT2D eigenvalue weighted by Gasteiger charge is 2.56. The van der Waals surface area contributed by atoms with Crippen molar-refractivity contribution in [3.8, 4) is 0 Å². The predicted molar refractivity (Wildman–Crippen MR) is 295 cm³/mol. The van der Waals surface area contributed by atoms with Gasteiger partial charge in [0.05, 0.1) is 51.7 Å². The Morgan fingerprint density at radius 3 is 0.828 bits per heavy atom. The highest BCUT2D eigenvalue weighted by atomic mass is 31.2. The van der Waals surface area contributed by atoms with Crippen molar-refractivity contribution < 1.29 is 133 Å². The molecule has 0 saturated carbocycles. The van der Waals surface area contributed by atoms with Crippen LogP contribution in [0.1, 0.15) is 24.9 Å². The van der Waals surface area contributed by atoms with Gasteiger partial charge in [0.25, 0.3) is 0 Å². The SMILES string of the molecule is Nc1ncnc2c1ncn2[C@@H]1O[C@H](COP(=O)(O)O[C@H]2[C@H](O)[C@@H](COP(=O)(O)O[C@@H]3[C@H](O)[C@@H](COP(=O)(O)O[C@@H]4[C@H](O)[C@@H](COP(=O)(O)O)O[C@H]4n4cnc5c(N)ncnc54)O[C@H]3n3cnc4c(N)ncnc43)O[C@H]2n2cnc3c(N)ncnc32)[C@@H](O)[C@H]1OP(=O)(O)O. The van der Waals surface area contributed by atoms with Crippen molar-refractivity contribution in [1.29, 1.82) is 0 Å². The average Bonchev–Trinajstić information content (AvgIpc) is 1.64. The first kappa shape index (κ1) is 66.6. The van der Waals surface area contributed by atoms with Gasteiger partial charge in [-0.2, -0.15) is 0 Å². The lowest BCUT2D eigenvalue weighted by molar-refractivity contribution is -0.0655. The molecule has 4 aliphatic heterocycles. The number of hydrogen-bond donors (Lipinski definition) is 15. The van der Waals surface area contributed by atoms with E-state index in [1.54, 1.807) is 0 Å². The van der Waals surface area contributed by atoms with Gasteiger partial charge in [-0.1, -0.05) is 0 Å². The maximum Gasteiger partial charge on any atom is 0.472 e. The van der Waals surface area contributed by atoms with Crippen LogP contribution < -0.4 is 22.9 Å². The van der Waals surface area contributed by atoms with Crippen molar-refractivity contribution in [2.75, 3.05) is 49.4 Å². The number of aliphatic hydroxyl groups is 4. The number of aromatic nitrogens is 16. The largest absolute Gasteiger partial charge is 0.472 e. The standard InChI is InChI=1S/C40H51N20O28P5/c41-29-17-33(49-5-45-29)57(9-53-17)37-25(85-90(68,69)70)21(61)14(82-37)2-78-91(71,72)87-27-23(63)16(84-39(27)59-11-55-19-31(43)47-7-51-35(19)59)4-80-93(75,76)88-28-24(64)15(83-40(28)60-12-56-20-32(44)48-8-52-36(20)60)3-79-92(73,74)86-26-22(62)13(1-77-89(65,66)67)81-38(26)58-10-54-18-30(42)46-6-50-34(18)58/h5-16,21-28,37-40,61-64H,1-4H2,(H,71,72)(H,73,74)(H,75,76)(H2,41,45,49)(H2,42,46,50)(H2,43,47,51)(H2,44,48,52)(H2,65,66,67)(H2,68,69,70)/t13-,14-,15-,16-,21-,22-,23-,24-,25-,26-,27+,28-,37-,38-,39-,40-/m1/s1. The Morgan fingerprint density at radius 2 is 0.591 bits per heavy atom. The highest BCUT2D eigenvalue weighted by Crippen LogP contribution is 2.55. The van der Waals surface area contributed by atoms with E-state index in [1.165, 1.54) is 0 Å². The second kappa shape index (κ2) is 25.3. The van der Waals surface area contributed by atoms with Crippen LogP contribution in [-0.4, -0.2) is 232 Å². The van der Waals surface area contributed by atoms with E-state index >= 15 is 0 Å². The zero-order chi connectivity index (χ0) is 66.4. The minimum atomic E-state index is -5.68. The van der Waals surface area contributed by atoms with Gasteiger partial charge in [0.2, 0.25) is 0 Å². The molecular formula is C40H51N20O28P5. The summed E-state index contributed by atoms with van der Waals surface area (Å²) in [4.78, 5) is 120. The molecule has 0 spiro atoms.